The van der Waals surface area contributed by atoms with Crippen LogP contribution in [0.1, 0.15) is 28.5 Å². The Kier molecular flexibility index (Phi) is 6.31. The third kappa shape index (κ3) is 4.92. The maximum absolute atomic E-state index is 12.7. The van der Waals surface area contributed by atoms with E-state index in [0.29, 0.717) is 11.3 Å². The molecule has 3 aromatic rings. The van der Waals surface area contributed by atoms with E-state index in [1.54, 1.807) is 24.4 Å². The minimum absolute atomic E-state index is 0.0966. The van der Waals surface area contributed by atoms with Crippen LogP contribution in [0.3, 0.4) is 0 Å². The summed E-state index contributed by atoms with van der Waals surface area (Å²) in [4.78, 5) is 29.1. The SMILES string of the molecule is CC(=O)/C(OCc1ccccc1)=C(\NC(=O)c1ccccn1)c1ccccc1. The molecule has 2 aromatic carbocycles. The number of ether oxygens (including phenoxy) is 1. The first-order valence-corrected chi connectivity index (χ1v) is 8.85. The van der Waals surface area contributed by atoms with Crippen molar-refractivity contribution in [3.63, 3.8) is 0 Å². The van der Waals surface area contributed by atoms with Crippen LogP contribution in [-0.4, -0.2) is 16.7 Å². The third-order valence-electron chi connectivity index (χ3n) is 3.97. The fourth-order valence-electron chi connectivity index (χ4n) is 2.62. The van der Waals surface area contributed by atoms with Gasteiger partial charge in [0.25, 0.3) is 5.91 Å². The Morgan fingerprint density at radius 2 is 1.54 bits per heavy atom. The molecule has 140 valence electrons. The van der Waals surface area contributed by atoms with Crippen molar-refractivity contribution in [3.8, 4) is 0 Å². The van der Waals surface area contributed by atoms with E-state index < -0.39 is 5.91 Å². The number of rotatable bonds is 7. The third-order valence-corrected chi connectivity index (χ3v) is 3.97. The second-order valence-electron chi connectivity index (χ2n) is 6.07. The van der Waals surface area contributed by atoms with Crippen molar-refractivity contribution in [2.75, 3.05) is 0 Å². The summed E-state index contributed by atoms with van der Waals surface area (Å²) >= 11 is 0. The van der Waals surface area contributed by atoms with Gasteiger partial charge in [0, 0.05) is 18.7 Å². The van der Waals surface area contributed by atoms with Crippen LogP contribution in [-0.2, 0) is 16.1 Å². The number of amides is 1. The van der Waals surface area contributed by atoms with Crippen LogP contribution in [0, 0.1) is 0 Å². The van der Waals surface area contributed by atoms with Gasteiger partial charge in [-0.3, -0.25) is 14.6 Å². The summed E-state index contributed by atoms with van der Waals surface area (Å²) < 4.78 is 5.84. The van der Waals surface area contributed by atoms with Crippen LogP contribution in [0.2, 0.25) is 0 Å². The second kappa shape index (κ2) is 9.28. The molecule has 1 aromatic heterocycles. The fourth-order valence-corrected chi connectivity index (χ4v) is 2.62. The van der Waals surface area contributed by atoms with Crippen molar-refractivity contribution in [2.45, 2.75) is 13.5 Å². The van der Waals surface area contributed by atoms with E-state index in [-0.39, 0.29) is 23.8 Å². The van der Waals surface area contributed by atoms with Crippen molar-refractivity contribution in [2.24, 2.45) is 0 Å². The van der Waals surface area contributed by atoms with Gasteiger partial charge >= 0.3 is 0 Å². The van der Waals surface area contributed by atoms with E-state index in [9.17, 15) is 9.59 Å². The molecule has 0 atom stereocenters. The highest BCUT2D eigenvalue weighted by Gasteiger charge is 2.19. The van der Waals surface area contributed by atoms with Crippen molar-refractivity contribution in [3.05, 3.63) is 108 Å². The molecule has 0 saturated heterocycles. The van der Waals surface area contributed by atoms with Gasteiger partial charge in [-0.2, -0.15) is 0 Å². The van der Waals surface area contributed by atoms with Gasteiger partial charge in [0.05, 0.1) is 5.70 Å². The van der Waals surface area contributed by atoms with Gasteiger partial charge in [0.15, 0.2) is 11.5 Å². The minimum Gasteiger partial charge on any atom is -0.483 e. The Morgan fingerprint density at radius 1 is 0.893 bits per heavy atom. The number of carbonyl (C=O) groups excluding carboxylic acids is 2. The van der Waals surface area contributed by atoms with E-state index in [0.717, 1.165) is 5.56 Å². The molecule has 28 heavy (non-hydrogen) atoms. The summed E-state index contributed by atoms with van der Waals surface area (Å²) in [6, 6.07) is 23.7. The van der Waals surface area contributed by atoms with Gasteiger partial charge in [0.1, 0.15) is 12.3 Å². The number of Topliss-reactive ketones (excluding diaryl/α,β-unsaturated/α-hetero) is 1. The monoisotopic (exact) mass is 372 g/mol. The number of carbonyl (C=O) groups is 2. The second-order valence-corrected chi connectivity index (χ2v) is 6.07. The number of hydrogen-bond donors (Lipinski definition) is 1. The zero-order chi connectivity index (χ0) is 19.8. The average molecular weight is 372 g/mol. The first-order valence-electron chi connectivity index (χ1n) is 8.85. The number of allylic oxidation sites excluding steroid dienone is 1. The molecule has 1 N–H and O–H groups in total. The summed E-state index contributed by atoms with van der Waals surface area (Å²) in [7, 11) is 0. The summed E-state index contributed by atoms with van der Waals surface area (Å²) in [5, 5.41) is 2.80. The van der Waals surface area contributed by atoms with E-state index in [2.05, 4.69) is 10.3 Å². The predicted octanol–water partition coefficient (Wildman–Crippen LogP) is 3.99. The normalized spacial score (nSPS) is 11.3. The molecular weight excluding hydrogens is 352 g/mol. The lowest BCUT2D eigenvalue weighted by molar-refractivity contribution is -0.117. The highest BCUT2D eigenvalue weighted by atomic mass is 16.5. The molecule has 1 heterocycles. The molecule has 1 amide bonds. The fraction of sp³-hybridized carbons (Fsp3) is 0.0870. The number of pyridine rings is 1. The highest BCUT2D eigenvalue weighted by Crippen LogP contribution is 2.20. The maximum Gasteiger partial charge on any atom is 0.274 e. The van der Waals surface area contributed by atoms with Gasteiger partial charge in [-0.1, -0.05) is 66.7 Å². The lowest BCUT2D eigenvalue weighted by atomic mass is 10.1. The van der Waals surface area contributed by atoms with E-state index >= 15 is 0 Å². The summed E-state index contributed by atoms with van der Waals surface area (Å²) in [6.45, 7) is 1.63. The number of hydrogen-bond acceptors (Lipinski definition) is 4. The van der Waals surface area contributed by atoms with Crippen LogP contribution >= 0.6 is 0 Å². The van der Waals surface area contributed by atoms with Gasteiger partial charge in [-0.15, -0.1) is 0 Å². The van der Waals surface area contributed by atoms with Crippen LogP contribution < -0.4 is 5.32 Å². The first kappa shape index (κ1) is 19.0. The van der Waals surface area contributed by atoms with Gasteiger partial charge in [-0.05, 0) is 17.7 Å². The topological polar surface area (TPSA) is 68.3 Å². The van der Waals surface area contributed by atoms with Crippen LogP contribution in [0.4, 0.5) is 0 Å². The Bertz CT molecular complexity index is 969. The van der Waals surface area contributed by atoms with Crippen molar-refractivity contribution in [1.29, 1.82) is 0 Å². The number of benzene rings is 2. The zero-order valence-electron chi connectivity index (χ0n) is 15.5. The molecule has 0 spiro atoms. The van der Waals surface area contributed by atoms with Gasteiger partial charge < -0.3 is 10.1 Å². The van der Waals surface area contributed by atoms with E-state index in [4.69, 9.17) is 4.74 Å². The number of ketones is 1. The zero-order valence-corrected chi connectivity index (χ0v) is 15.5. The Hall–Kier alpha value is -3.73. The highest BCUT2D eigenvalue weighted by molar-refractivity contribution is 6.04. The van der Waals surface area contributed by atoms with Gasteiger partial charge in [0.2, 0.25) is 0 Å². The summed E-state index contributed by atoms with van der Waals surface area (Å²) in [5.74, 6) is -0.600. The quantitative estimate of drug-likeness (QED) is 0.503. The Balaban J connectivity index is 1.96. The predicted molar refractivity (Wildman–Crippen MR) is 107 cm³/mol. The first-order chi connectivity index (χ1) is 13.6. The smallest absolute Gasteiger partial charge is 0.274 e. The minimum atomic E-state index is -0.415. The van der Waals surface area contributed by atoms with Crippen LogP contribution in [0.5, 0.6) is 0 Å². The molecule has 0 bridgehead atoms. The molecule has 0 aliphatic carbocycles. The maximum atomic E-state index is 12.7. The van der Waals surface area contributed by atoms with Crippen LogP contribution in [0.15, 0.2) is 90.8 Å². The van der Waals surface area contributed by atoms with Crippen molar-refractivity contribution in [1.82, 2.24) is 10.3 Å². The molecular formula is C23H20N2O3. The van der Waals surface area contributed by atoms with Gasteiger partial charge in [-0.25, -0.2) is 0 Å². The molecule has 3 rings (SSSR count). The van der Waals surface area contributed by atoms with E-state index in [1.807, 2.05) is 60.7 Å². The van der Waals surface area contributed by atoms with Crippen molar-refractivity contribution < 1.29 is 14.3 Å². The lowest BCUT2D eigenvalue weighted by Crippen LogP contribution is -2.26. The molecule has 0 aliphatic rings. The Labute approximate surface area is 163 Å². The lowest BCUT2D eigenvalue weighted by Gasteiger charge is -2.16. The molecule has 0 fully saturated rings. The molecule has 0 radical (unpaired) electrons. The summed E-state index contributed by atoms with van der Waals surface area (Å²) in [6.07, 6.45) is 1.54. The molecule has 5 heteroatoms. The molecule has 0 aliphatic heterocycles. The van der Waals surface area contributed by atoms with Crippen LogP contribution in [0.25, 0.3) is 5.70 Å². The number of aromatic nitrogens is 1. The number of nitrogens with zero attached hydrogens (tertiary/aromatic N) is 1. The molecule has 0 unspecified atom stereocenters. The Morgan fingerprint density at radius 3 is 2.14 bits per heavy atom. The van der Waals surface area contributed by atoms with Crippen molar-refractivity contribution >= 4 is 17.4 Å². The standard InChI is InChI=1S/C23H20N2O3/c1-17(26)22(28-16-18-10-4-2-5-11-18)21(19-12-6-3-7-13-19)25-23(27)20-14-8-9-15-24-20/h2-15H,16H2,1H3,(H,25,27)/b22-21+. The summed E-state index contributed by atoms with van der Waals surface area (Å²) in [5.41, 5.74) is 2.16. The molecule has 5 nitrogen and oxygen atoms in total. The van der Waals surface area contributed by atoms with E-state index in [1.165, 1.54) is 6.92 Å². The largest absolute Gasteiger partial charge is 0.483 e. The molecule has 0 saturated carbocycles. The average Bonchev–Trinajstić information content (AvgIpc) is 2.74. The number of nitrogens with one attached hydrogen (secondary N) is 1.